The fourth-order valence-electron chi connectivity index (χ4n) is 4.76. The highest BCUT2D eigenvalue weighted by Crippen LogP contribution is 2.49. The normalized spacial score (nSPS) is 15.7. The topological polar surface area (TPSA) is 61.1 Å². The van der Waals surface area contributed by atoms with E-state index in [9.17, 15) is 18.7 Å². The summed E-state index contributed by atoms with van der Waals surface area (Å²) in [5, 5.41) is 20.0. The third kappa shape index (κ3) is 5.80. The van der Waals surface area contributed by atoms with Gasteiger partial charge in [0.2, 0.25) is 0 Å². The summed E-state index contributed by atoms with van der Waals surface area (Å²) < 4.78 is 28.6. The van der Waals surface area contributed by atoms with Gasteiger partial charge in [0.05, 0.1) is 37.0 Å². The molecule has 0 aliphatic heterocycles. The highest BCUT2D eigenvalue weighted by Gasteiger charge is 2.52. The number of aliphatic carboxylic acids is 1. The lowest BCUT2D eigenvalue weighted by Gasteiger charge is -2.12. The Morgan fingerprint density at radius 1 is 0.683 bits per heavy atom. The minimum atomic E-state index is -0.906. The molecule has 0 bridgehead atoms. The zero-order chi connectivity index (χ0) is 29.5. The molecule has 9 heteroatoms. The van der Waals surface area contributed by atoms with Crippen LogP contribution < -0.4 is 0 Å². The Balaban J connectivity index is 0.000000165. The first-order chi connectivity index (χ1) is 19.5. The number of hydrogen-bond acceptors (Lipinski definition) is 2. The maximum atomic E-state index is 14.3. The smallest absolute Gasteiger partial charge is 0.314 e. The van der Waals surface area contributed by atoms with Crippen LogP contribution in [0.15, 0.2) is 72.8 Å². The Morgan fingerprint density at radius 3 is 1.51 bits per heavy atom. The van der Waals surface area contributed by atoms with Gasteiger partial charge in [0.25, 0.3) is 0 Å². The molecule has 0 spiro atoms. The van der Waals surface area contributed by atoms with E-state index < -0.39 is 22.6 Å². The van der Waals surface area contributed by atoms with E-state index in [2.05, 4.69) is 6.07 Å². The van der Waals surface area contributed by atoms with Crippen LogP contribution in [-0.2, 0) is 15.6 Å². The minimum Gasteiger partial charge on any atom is -0.481 e. The number of nitrogens with zero attached hydrogens (tertiary/aromatic N) is 1. The van der Waals surface area contributed by atoms with Crippen LogP contribution in [0.2, 0.25) is 20.1 Å². The van der Waals surface area contributed by atoms with E-state index in [-0.39, 0.29) is 5.82 Å². The standard InChI is InChI=1S/C16H10Cl2FN.C16H11Cl2FO2/c17-13-4-1-10(7-14(13)18)12-3-2-11(8-15(12)19)16(9-20)5-6-16;17-12-4-1-9(7-13(12)18)11-3-2-10(8-14(11)19)16(5-6-16)15(20)21/h1-4,7-8H,5-6H2;1-4,7-8H,5-6H2,(H,20,21). The van der Waals surface area contributed by atoms with E-state index in [0.29, 0.717) is 60.7 Å². The minimum absolute atomic E-state index is 0.345. The van der Waals surface area contributed by atoms with Crippen molar-refractivity contribution in [1.29, 1.82) is 5.26 Å². The number of nitriles is 1. The summed E-state index contributed by atoms with van der Waals surface area (Å²) in [4.78, 5) is 11.3. The highest BCUT2D eigenvalue weighted by atomic mass is 35.5. The fourth-order valence-corrected chi connectivity index (χ4v) is 5.36. The van der Waals surface area contributed by atoms with E-state index in [1.54, 1.807) is 54.6 Å². The molecule has 6 rings (SSSR count). The Hall–Kier alpha value is -3.14. The monoisotopic (exact) mass is 629 g/mol. The first-order valence-electron chi connectivity index (χ1n) is 12.7. The maximum Gasteiger partial charge on any atom is 0.314 e. The third-order valence-corrected chi connectivity index (χ3v) is 9.11. The van der Waals surface area contributed by atoms with Crippen molar-refractivity contribution in [2.75, 3.05) is 0 Å². The summed E-state index contributed by atoms with van der Waals surface area (Å²) >= 11 is 23.6. The summed E-state index contributed by atoms with van der Waals surface area (Å²) in [6.45, 7) is 0. The molecule has 2 fully saturated rings. The van der Waals surface area contributed by atoms with Crippen molar-refractivity contribution in [3.8, 4) is 28.3 Å². The molecule has 2 aliphatic carbocycles. The van der Waals surface area contributed by atoms with Gasteiger partial charge in [-0.15, -0.1) is 0 Å². The van der Waals surface area contributed by atoms with Gasteiger partial charge < -0.3 is 5.11 Å². The number of benzene rings is 4. The second-order valence-corrected chi connectivity index (χ2v) is 11.9. The number of carbonyl (C=O) groups is 1. The molecule has 0 radical (unpaired) electrons. The molecule has 4 aromatic rings. The molecule has 2 aliphatic rings. The van der Waals surface area contributed by atoms with E-state index in [1.807, 2.05) is 6.07 Å². The molecular weight excluding hydrogens is 610 g/mol. The zero-order valence-corrected chi connectivity index (χ0v) is 24.4. The Morgan fingerprint density at radius 2 is 1.15 bits per heavy atom. The van der Waals surface area contributed by atoms with Crippen LogP contribution in [0, 0.1) is 23.0 Å². The first-order valence-corrected chi connectivity index (χ1v) is 14.2. The number of halogens is 6. The van der Waals surface area contributed by atoms with Crippen molar-refractivity contribution in [2.45, 2.75) is 36.5 Å². The Kier molecular flexibility index (Phi) is 8.07. The van der Waals surface area contributed by atoms with Gasteiger partial charge in [0.1, 0.15) is 11.6 Å². The van der Waals surface area contributed by atoms with Crippen LogP contribution in [-0.4, -0.2) is 11.1 Å². The van der Waals surface area contributed by atoms with Crippen molar-refractivity contribution < 1.29 is 18.7 Å². The molecule has 0 saturated heterocycles. The van der Waals surface area contributed by atoms with E-state index in [0.717, 1.165) is 18.4 Å². The molecule has 0 heterocycles. The molecule has 0 unspecified atom stereocenters. The fraction of sp³-hybridized carbons (Fsp3) is 0.188. The molecule has 0 amide bonds. The lowest BCUT2D eigenvalue weighted by molar-refractivity contribution is -0.140. The summed E-state index contributed by atoms with van der Waals surface area (Å²) in [5.41, 5.74) is 1.99. The molecule has 1 N–H and O–H groups in total. The van der Waals surface area contributed by atoms with Crippen molar-refractivity contribution in [3.05, 3.63) is 116 Å². The quantitative estimate of drug-likeness (QED) is 0.239. The molecule has 2 saturated carbocycles. The summed E-state index contributed by atoms with van der Waals surface area (Å²) in [7, 11) is 0. The summed E-state index contributed by atoms with van der Waals surface area (Å²) in [5.74, 6) is -1.70. The molecule has 3 nitrogen and oxygen atoms in total. The van der Waals surface area contributed by atoms with E-state index in [4.69, 9.17) is 51.7 Å². The van der Waals surface area contributed by atoms with Gasteiger partial charge in [-0.2, -0.15) is 5.26 Å². The van der Waals surface area contributed by atoms with Crippen molar-refractivity contribution in [2.24, 2.45) is 0 Å². The molecule has 4 aromatic carbocycles. The first kappa shape index (κ1) is 29.4. The van der Waals surface area contributed by atoms with Gasteiger partial charge in [-0.25, -0.2) is 8.78 Å². The Bertz CT molecular complexity index is 1730. The third-order valence-electron chi connectivity index (χ3n) is 7.63. The number of carboxylic acid groups (broad SMARTS) is 1. The molecular formula is C32H21Cl4F2NO2. The number of hydrogen-bond donors (Lipinski definition) is 1. The van der Waals surface area contributed by atoms with Gasteiger partial charge in [-0.3, -0.25) is 4.79 Å². The average molecular weight is 631 g/mol. The lowest BCUT2D eigenvalue weighted by atomic mass is 9.93. The SMILES string of the molecule is N#CC1(c2ccc(-c3ccc(Cl)c(Cl)c3)c(F)c2)CC1.O=C(O)C1(c2ccc(-c3ccc(Cl)c(Cl)c3)c(F)c2)CC1. The predicted octanol–water partition coefficient (Wildman–Crippen LogP) is 10.3. The number of rotatable bonds is 5. The van der Waals surface area contributed by atoms with Crippen LogP contribution in [0.4, 0.5) is 8.78 Å². The molecule has 41 heavy (non-hydrogen) atoms. The van der Waals surface area contributed by atoms with Crippen molar-refractivity contribution >= 4 is 52.4 Å². The second kappa shape index (κ2) is 11.3. The van der Waals surface area contributed by atoms with E-state index >= 15 is 0 Å². The zero-order valence-electron chi connectivity index (χ0n) is 21.3. The predicted molar refractivity (Wildman–Crippen MR) is 159 cm³/mol. The van der Waals surface area contributed by atoms with Gasteiger partial charge >= 0.3 is 5.97 Å². The van der Waals surface area contributed by atoms with Crippen LogP contribution in [0.25, 0.3) is 22.3 Å². The van der Waals surface area contributed by atoms with E-state index in [1.165, 1.54) is 12.1 Å². The van der Waals surface area contributed by atoms with Crippen molar-refractivity contribution in [1.82, 2.24) is 0 Å². The lowest BCUT2D eigenvalue weighted by Crippen LogP contribution is -2.19. The van der Waals surface area contributed by atoms with Gasteiger partial charge in [0, 0.05) is 11.1 Å². The van der Waals surface area contributed by atoms with Crippen LogP contribution in [0.3, 0.4) is 0 Å². The van der Waals surface area contributed by atoms with Crippen LogP contribution in [0.5, 0.6) is 0 Å². The van der Waals surface area contributed by atoms with Crippen molar-refractivity contribution in [3.63, 3.8) is 0 Å². The summed E-state index contributed by atoms with van der Waals surface area (Å²) in [6, 6.07) is 21.7. The average Bonchev–Trinajstić information content (AvgIpc) is 3.87. The largest absolute Gasteiger partial charge is 0.481 e. The summed E-state index contributed by atoms with van der Waals surface area (Å²) in [6.07, 6.45) is 2.70. The second-order valence-electron chi connectivity index (χ2n) is 10.2. The van der Waals surface area contributed by atoms with Gasteiger partial charge in [0.15, 0.2) is 0 Å². The van der Waals surface area contributed by atoms with Crippen LogP contribution >= 0.6 is 46.4 Å². The van der Waals surface area contributed by atoms with Gasteiger partial charge in [-0.1, -0.05) is 82.8 Å². The maximum absolute atomic E-state index is 14.3. The molecule has 0 aromatic heterocycles. The highest BCUT2D eigenvalue weighted by molar-refractivity contribution is 6.42. The Labute approximate surface area is 255 Å². The molecule has 208 valence electrons. The molecule has 0 atom stereocenters. The van der Waals surface area contributed by atoms with Crippen LogP contribution in [0.1, 0.15) is 36.8 Å². The number of carboxylic acids is 1. The van der Waals surface area contributed by atoms with Gasteiger partial charge in [-0.05, 0) is 84.3 Å².